The normalized spacial score (nSPS) is 11.0. The number of amides is 2. The van der Waals surface area contributed by atoms with E-state index < -0.39 is 31.8 Å². The zero-order valence-corrected chi connectivity index (χ0v) is 29.1. The van der Waals surface area contributed by atoms with Gasteiger partial charge in [-0.25, -0.2) is 21.2 Å². The van der Waals surface area contributed by atoms with E-state index in [0.717, 1.165) is 6.07 Å². The molecule has 0 bridgehead atoms. The van der Waals surface area contributed by atoms with Gasteiger partial charge in [-0.1, -0.05) is 42.5 Å². The summed E-state index contributed by atoms with van der Waals surface area (Å²) in [5, 5.41) is 5.31. The van der Waals surface area contributed by atoms with Crippen LogP contribution in [0.25, 0.3) is 0 Å². The minimum Gasteiger partial charge on any atom is -0.321 e. The van der Waals surface area contributed by atoms with Crippen LogP contribution in [0.15, 0.2) is 162 Å². The number of hydrogen-bond donors (Lipinski definition) is 3. The summed E-state index contributed by atoms with van der Waals surface area (Å²) in [7, 11) is -6.13. The Hall–Kier alpha value is -6.45. The monoisotopic (exact) mass is 738 g/mol. The van der Waals surface area contributed by atoms with E-state index >= 15 is 0 Å². The minimum absolute atomic E-state index is 0.0587. The number of pyridine rings is 2. The fraction of sp³-hybridized carbons (Fsp3) is 0.0270. The van der Waals surface area contributed by atoms with Crippen LogP contribution in [-0.4, -0.2) is 45.7 Å². The van der Waals surface area contributed by atoms with Crippen molar-refractivity contribution >= 4 is 54.6 Å². The highest BCUT2D eigenvalue weighted by Gasteiger charge is 2.21. The highest BCUT2D eigenvalue weighted by atomic mass is 32.2. The third kappa shape index (κ3) is 9.41. The first-order valence-corrected chi connectivity index (χ1v) is 18.3. The molecule has 0 saturated carbocycles. The van der Waals surface area contributed by atoms with Crippen molar-refractivity contribution in [3.63, 3.8) is 0 Å². The van der Waals surface area contributed by atoms with E-state index in [-0.39, 0.29) is 32.8 Å². The average Bonchev–Trinajstić information content (AvgIpc) is 3.17. The minimum atomic E-state index is -3.95. The molecule has 4 aromatic carbocycles. The van der Waals surface area contributed by atoms with E-state index in [0.29, 0.717) is 17.1 Å². The van der Waals surface area contributed by atoms with E-state index in [4.69, 9.17) is 0 Å². The van der Waals surface area contributed by atoms with Crippen LogP contribution in [0.2, 0.25) is 0 Å². The molecule has 0 atom stereocenters. The highest BCUT2D eigenvalue weighted by Crippen LogP contribution is 2.23. The number of sulfonamides is 2. The van der Waals surface area contributed by atoms with Gasteiger partial charge in [0.1, 0.15) is 17.2 Å². The Morgan fingerprint density at radius 1 is 0.577 bits per heavy atom. The Morgan fingerprint density at radius 2 is 1.04 bits per heavy atom. The number of halogens is 1. The topological polar surface area (TPSA) is 168 Å². The summed E-state index contributed by atoms with van der Waals surface area (Å²) < 4.78 is 67.1. The smallest absolute Gasteiger partial charge is 0.274 e. The van der Waals surface area contributed by atoms with Crippen LogP contribution >= 0.6 is 0 Å². The Balaban J connectivity index is 0.000000201. The maximum atomic E-state index is 13.6. The van der Waals surface area contributed by atoms with Gasteiger partial charge in [0.2, 0.25) is 0 Å². The molecule has 0 aliphatic heterocycles. The second-order valence-electron chi connectivity index (χ2n) is 10.8. The number of rotatable bonds is 10. The second kappa shape index (κ2) is 16.5. The van der Waals surface area contributed by atoms with Crippen LogP contribution in [-0.2, 0) is 20.0 Å². The van der Waals surface area contributed by atoms with Crippen LogP contribution in [0, 0.1) is 5.82 Å². The predicted molar refractivity (Wildman–Crippen MR) is 197 cm³/mol. The highest BCUT2D eigenvalue weighted by molar-refractivity contribution is 7.93. The number of nitrogens with zero attached hydrogens (tertiary/aromatic N) is 3. The van der Waals surface area contributed by atoms with Crippen LogP contribution in [0.3, 0.4) is 0 Å². The summed E-state index contributed by atoms with van der Waals surface area (Å²) in [6.45, 7) is 0. The van der Waals surface area contributed by atoms with Crippen molar-refractivity contribution < 1.29 is 30.8 Å². The molecule has 0 unspecified atom stereocenters. The summed E-state index contributed by atoms with van der Waals surface area (Å²) in [5.41, 5.74) is 1.85. The summed E-state index contributed by atoms with van der Waals surface area (Å²) in [6, 6.07) is 35.8. The van der Waals surface area contributed by atoms with E-state index in [9.17, 15) is 30.8 Å². The Morgan fingerprint density at radius 3 is 1.52 bits per heavy atom. The maximum absolute atomic E-state index is 13.6. The number of carbonyl (C=O) groups is 2. The molecule has 0 aliphatic rings. The molecule has 0 radical (unpaired) electrons. The first-order valence-electron chi connectivity index (χ1n) is 15.4. The molecule has 12 nitrogen and oxygen atoms in total. The van der Waals surface area contributed by atoms with Crippen molar-refractivity contribution in [1.82, 2.24) is 9.97 Å². The van der Waals surface area contributed by atoms with Crippen molar-refractivity contribution in [2.24, 2.45) is 0 Å². The number of anilines is 4. The van der Waals surface area contributed by atoms with Crippen molar-refractivity contribution in [1.29, 1.82) is 0 Å². The van der Waals surface area contributed by atoms with E-state index in [1.54, 1.807) is 72.8 Å². The number of carbonyl (C=O) groups excluding carboxylic acids is 2. The predicted octanol–water partition coefficient (Wildman–Crippen LogP) is 6.43. The van der Waals surface area contributed by atoms with Gasteiger partial charge in [-0.05, 0) is 97.1 Å². The molecule has 0 spiro atoms. The Bertz CT molecular complexity index is 2350. The molecular weight excluding hydrogens is 708 g/mol. The van der Waals surface area contributed by atoms with Crippen molar-refractivity contribution in [2.45, 2.75) is 9.79 Å². The lowest BCUT2D eigenvalue weighted by Gasteiger charge is -2.19. The lowest BCUT2D eigenvalue weighted by atomic mass is 10.3. The summed E-state index contributed by atoms with van der Waals surface area (Å²) in [6.07, 6.45) is 3.03. The van der Waals surface area contributed by atoms with Crippen LogP contribution in [0.1, 0.15) is 21.0 Å². The van der Waals surface area contributed by atoms with Gasteiger partial charge in [0.25, 0.3) is 31.9 Å². The Labute approximate surface area is 300 Å². The van der Waals surface area contributed by atoms with E-state index in [2.05, 4.69) is 25.3 Å². The average molecular weight is 739 g/mol. The summed E-state index contributed by atoms with van der Waals surface area (Å²) in [4.78, 5) is 32.1. The first-order chi connectivity index (χ1) is 24.9. The molecule has 2 amide bonds. The standard InChI is InChI=1S/C19H17N3O3S.C18H14FN3O3S/c1-22(16-7-3-2-4-8-16)26(24,25)17-12-10-15(11-13-17)21-19(23)18-9-5-6-14-20-18;19-15-5-1-2-6-16(15)22-26(24,25)14-10-8-13(9-11-14)21-18(23)17-7-3-4-12-20-17/h2-14H,1H3,(H,21,23);1-12,22H,(H,21,23). The van der Waals surface area contributed by atoms with Crippen molar-refractivity contribution in [3.8, 4) is 0 Å². The van der Waals surface area contributed by atoms with Crippen LogP contribution < -0.4 is 19.7 Å². The summed E-state index contributed by atoms with van der Waals surface area (Å²) in [5.74, 6) is -1.44. The zero-order valence-electron chi connectivity index (χ0n) is 27.4. The molecule has 52 heavy (non-hydrogen) atoms. The van der Waals surface area contributed by atoms with Gasteiger partial charge in [0.05, 0.1) is 21.2 Å². The van der Waals surface area contributed by atoms with Gasteiger partial charge in [-0.3, -0.25) is 28.6 Å². The van der Waals surface area contributed by atoms with E-state index in [1.165, 1.54) is 78.3 Å². The molecule has 0 saturated heterocycles. The molecule has 15 heteroatoms. The molecule has 2 aromatic heterocycles. The largest absolute Gasteiger partial charge is 0.321 e. The number of para-hydroxylation sites is 2. The van der Waals surface area contributed by atoms with Gasteiger partial charge in [-0.15, -0.1) is 0 Å². The number of nitrogens with one attached hydrogen (secondary N) is 3. The van der Waals surface area contributed by atoms with E-state index in [1.807, 2.05) is 6.07 Å². The lowest BCUT2D eigenvalue weighted by molar-refractivity contribution is 0.101. The van der Waals surface area contributed by atoms with Crippen LogP contribution in [0.5, 0.6) is 0 Å². The number of aromatic nitrogens is 2. The van der Waals surface area contributed by atoms with Gasteiger partial charge in [0, 0.05) is 30.8 Å². The van der Waals surface area contributed by atoms with Crippen molar-refractivity contribution in [3.05, 3.63) is 169 Å². The van der Waals surface area contributed by atoms with Gasteiger partial charge in [-0.2, -0.15) is 0 Å². The molecule has 0 fully saturated rings. The van der Waals surface area contributed by atoms with Crippen molar-refractivity contribution in [2.75, 3.05) is 26.7 Å². The maximum Gasteiger partial charge on any atom is 0.274 e. The van der Waals surface area contributed by atoms with Gasteiger partial charge in [0.15, 0.2) is 0 Å². The zero-order chi connectivity index (χ0) is 37.1. The molecule has 3 N–H and O–H groups in total. The molecule has 0 aliphatic carbocycles. The third-order valence-corrected chi connectivity index (χ3v) is 10.4. The quantitative estimate of drug-likeness (QED) is 0.145. The number of hydrogen-bond acceptors (Lipinski definition) is 8. The molecule has 264 valence electrons. The summed E-state index contributed by atoms with van der Waals surface area (Å²) >= 11 is 0. The first kappa shape index (κ1) is 36.8. The third-order valence-electron chi connectivity index (χ3n) is 7.23. The SMILES string of the molecule is CN(c1ccccc1)S(=O)(=O)c1ccc(NC(=O)c2ccccn2)cc1.O=C(Nc1ccc(S(=O)(=O)Nc2ccccc2F)cc1)c1ccccn1. The Kier molecular flexibility index (Phi) is 11.7. The number of benzene rings is 4. The van der Waals surface area contributed by atoms with Gasteiger partial charge >= 0.3 is 0 Å². The fourth-order valence-corrected chi connectivity index (χ4v) is 6.76. The molecule has 6 rings (SSSR count). The molecule has 6 aromatic rings. The van der Waals surface area contributed by atoms with Gasteiger partial charge < -0.3 is 10.6 Å². The van der Waals surface area contributed by atoms with Crippen LogP contribution in [0.4, 0.5) is 27.1 Å². The molecular formula is C37H31FN6O6S2. The molecule has 2 heterocycles. The lowest BCUT2D eigenvalue weighted by Crippen LogP contribution is -2.26. The second-order valence-corrected chi connectivity index (χ2v) is 14.4. The fourth-order valence-electron chi connectivity index (χ4n) is 4.49.